The summed E-state index contributed by atoms with van der Waals surface area (Å²) < 4.78 is 5.31. The third-order valence-corrected chi connectivity index (χ3v) is 6.21. The number of methoxy groups -OCH3 is 1. The van der Waals surface area contributed by atoms with Gasteiger partial charge in [-0.05, 0) is 63.4 Å². The van der Waals surface area contributed by atoms with Gasteiger partial charge >= 0.3 is 6.03 Å². The number of urea groups is 1. The second-order valence-corrected chi connectivity index (χ2v) is 7.99. The van der Waals surface area contributed by atoms with E-state index in [1.165, 1.54) is 31.5 Å². The summed E-state index contributed by atoms with van der Waals surface area (Å²) in [6.07, 6.45) is 2.45. The largest absolute Gasteiger partial charge is 0.497 e. The van der Waals surface area contributed by atoms with Gasteiger partial charge in [-0.25, -0.2) is 4.79 Å². The van der Waals surface area contributed by atoms with Gasteiger partial charge in [-0.2, -0.15) is 0 Å². The summed E-state index contributed by atoms with van der Waals surface area (Å²) in [5.41, 5.74) is 1.32. The van der Waals surface area contributed by atoms with Crippen molar-refractivity contribution in [2.75, 3.05) is 26.7 Å². The minimum absolute atomic E-state index is 0.106. The standard InChI is InChI=1S/C20H29N3O2/c1-13(2)21-20(24)23-12-17(14-4-6-16(25-3)7-5-14)19-18(23)15-8-10-22(19)11-9-15/h4-7,13,15,17-19H,8-12H2,1-3H3,(H,21,24)/t17-,18+,19+/m0/s1. The first-order valence-electron chi connectivity index (χ1n) is 9.53. The van der Waals surface area contributed by atoms with Gasteiger partial charge in [0.25, 0.3) is 0 Å². The van der Waals surface area contributed by atoms with E-state index >= 15 is 0 Å². The van der Waals surface area contributed by atoms with E-state index in [0.717, 1.165) is 12.3 Å². The Morgan fingerprint density at radius 3 is 2.44 bits per heavy atom. The lowest BCUT2D eigenvalue weighted by Gasteiger charge is -2.51. The van der Waals surface area contributed by atoms with E-state index in [-0.39, 0.29) is 12.1 Å². The number of carbonyl (C=O) groups excluding carboxylic acids is 1. The zero-order chi connectivity index (χ0) is 17.6. The SMILES string of the molecule is COc1ccc([C@@H]2CN(C(=O)NC(C)C)[C@@H]3C4CCN(CC4)[C@@H]32)cc1. The number of hydrogen-bond donors (Lipinski definition) is 1. The van der Waals surface area contributed by atoms with Crippen LogP contribution >= 0.6 is 0 Å². The molecule has 4 saturated heterocycles. The predicted octanol–water partition coefficient (Wildman–Crippen LogP) is 2.68. The molecule has 0 spiro atoms. The summed E-state index contributed by atoms with van der Waals surface area (Å²) >= 11 is 0. The van der Waals surface area contributed by atoms with Crippen LogP contribution in [0.4, 0.5) is 4.79 Å². The number of fused-ring (bicyclic) bond motifs is 2. The first-order valence-corrected chi connectivity index (χ1v) is 9.53. The number of piperidine rings is 3. The second-order valence-electron chi connectivity index (χ2n) is 7.99. The molecule has 3 atom stereocenters. The van der Waals surface area contributed by atoms with Crippen LogP contribution in [0.3, 0.4) is 0 Å². The molecule has 1 N–H and O–H groups in total. The normalized spacial score (nSPS) is 33.4. The zero-order valence-corrected chi connectivity index (χ0v) is 15.4. The lowest BCUT2D eigenvalue weighted by molar-refractivity contribution is 0.00336. The maximum Gasteiger partial charge on any atom is 0.317 e. The van der Waals surface area contributed by atoms with Crippen molar-refractivity contribution >= 4 is 6.03 Å². The van der Waals surface area contributed by atoms with E-state index in [1.807, 2.05) is 26.0 Å². The van der Waals surface area contributed by atoms with Crippen LogP contribution in [-0.2, 0) is 0 Å². The number of nitrogens with one attached hydrogen (secondary N) is 1. The highest BCUT2D eigenvalue weighted by Crippen LogP contribution is 2.46. The molecule has 5 nitrogen and oxygen atoms in total. The minimum Gasteiger partial charge on any atom is -0.497 e. The average Bonchev–Trinajstić information content (AvgIpc) is 3.05. The number of benzene rings is 1. The summed E-state index contributed by atoms with van der Waals surface area (Å²) in [5, 5.41) is 3.12. The third kappa shape index (κ3) is 2.88. The van der Waals surface area contributed by atoms with Crippen molar-refractivity contribution in [3.63, 3.8) is 0 Å². The van der Waals surface area contributed by atoms with E-state index in [9.17, 15) is 4.79 Å². The number of rotatable bonds is 3. The van der Waals surface area contributed by atoms with Crippen molar-refractivity contribution < 1.29 is 9.53 Å². The van der Waals surface area contributed by atoms with Crippen LogP contribution in [0.5, 0.6) is 5.75 Å². The van der Waals surface area contributed by atoms with Crippen LogP contribution < -0.4 is 10.1 Å². The van der Waals surface area contributed by atoms with Gasteiger partial charge in [-0.3, -0.25) is 4.90 Å². The Bertz CT molecular complexity index is 622. The average molecular weight is 343 g/mol. The molecule has 0 aliphatic carbocycles. The van der Waals surface area contributed by atoms with Gasteiger partial charge in [-0.15, -0.1) is 0 Å². The van der Waals surface area contributed by atoms with Crippen LogP contribution in [0.2, 0.25) is 0 Å². The van der Waals surface area contributed by atoms with Crippen molar-refractivity contribution in [1.82, 2.24) is 15.1 Å². The molecule has 4 aliphatic heterocycles. The van der Waals surface area contributed by atoms with Gasteiger partial charge in [-0.1, -0.05) is 12.1 Å². The van der Waals surface area contributed by atoms with E-state index in [0.29, 0.717) is 23.9 Å². The van der Waals surface area contributed by atoms with Crippen molar-refractivity contribution in [2.24, 2.45) is 5.92 Å². The number of carbonyl (C=O) groups is 1. The van der Waals surface area contributed by atoms with Crippen LogP contribution in [0.1, 0.15) is 38.2 Å². The molecule has 0 saturated carbocycles. The van der Waals surface area contributed by atoms with Crippen molar-refractivity contribution in [3.05, 3.63) is 29.8 Å². The Balaban J connectivity index is 1.64. The van der Waals surface area contributed by atoms with Crippen LogP contribution in [0.25, 0.3) is 0 Å². The monoisotopic (exact) mass is 343 g/mol. The summed E-state index contributed by atoms with van der Waals surface area (Å²) in [6, 6.07) is 9.52. The van der Waals surface area contributed by atoms with Crippen molar-refractivity contribution in [2.45, 2.75) is 50.7 Å². The fraction of sp³-hybridized carbons (Fsp3) is 0.650. The Morgan fingerprint density at radius 1 is 1.16 bits per heavy atom. The molecule has 25 heavy (non-hydrogen) atoms. The summed E-state index contributed by atoms with van der Waals surface area (Å²) in [4.78, 5) is 17.6. The topological polar surface area (TPSA) is 44.8 Å². The Labute approximate surface area is 150 Å². The van der Waals surface area contributed by atoms with Gasteiger partial charge in [0, 0.05) is 24.5 Å². The second kappa shape index (κ2) is 6.52. The van der Waals surface area contributed by atoms with E-state index < -0.39 is 0 Å². The minimum atomic E-state index is 0.106. The molecular formula is C20H29N3O2. The van der Waals surface area contributed by atoms with Gasteiger partial charge in [0.1, 0.15) is 5.75 Å². The molecule has 0 unspecified atom stereocenters. The number of amides is 2. The molecule has 1 aromatic carbocycles. The highest BCUT2D eigenvalue weighted by molar-refractivity contribution is 5.75. The smallest absolute Gasteiger partial charge is 0.317 e. The van der Waals surface area contributed by atoms with Crippen LogP contribution in [0, 0.1) is 5.92 Å². The molecule has 4 aliphatic rings. The number of nitrogens with zero attached hydrogens (tertiary/aromatic N) is 2. The molecule has 136 valence electrons. The lowest BCUT2D eigenvalue weighted by atomic mass is 9.75. The molecule has 4 heterocycles. The highest BCUT2D eigenvalue weighted by atomic mass is 16.5. The van der Waals surface area contributed by atoms with E-state index in [4.69, 9.17) is 4.74 Å². The third-order valence-electron chi connectivity index (χ3n) is 6.21. The first kappa shape index (κ1) is 16.7. The molecule has 0 radical (unpaired) electrons. The van der Waals surface area contributed by atoms with Crippen molar-refractivity contribution in [3.8, 4) is 5.75 Å². The van der Waals surface area contributed by atoms with E-state index in [2.05, 4.69) is 27.2 Å². The quantitative estimate of drug-likeness (QED) is 0.918. The fourth-order valence-corrected chi connectivity index (χ4v) is 5.13. The molecule has 5 rings (SSSR count). The molecule has 4 fully saturated rings. The summed E-state index contributed by atoms with van der Waals surface area (Å²) in [5.74, 6) is 1.92. The number of ether oxygens (including phenoxy) is 1. The Morgan fingerprint density at radius 2 is 1.84 bits per heavy atom. The number of likely N-dealkylation sites (tertiary alicyclic amines) is 1. The van der Waals surface area contributed by atoms with Gasteiger partial charge in [0.15, 0.2) is 0 Å². The molecule has 2 bridgehead atoms. The molecule has 5 heteroatoms. The first-order chi connectivity index (χ1) is 12.1. The lowest BCUT2D eigenvalue weighted by Crippen LogP contribution is -2.61. The van der Waals surface area contributed by atoms with Gasteiger partial charge in [0.2, 0.25) is 0 Å². The Hall–Kier alpha value is -1.75. The summed E-state index contributed by atoms with van der Waals surface area (Å²) in [6.45, 7) is 7.23. The van der Waals surface area contributed by atoms with Crippen LogP contribution in [-0.4, -0.2) is 60.7 Å². The maximum atomic E-state index is 12.8. The summed E-state index contributed by atoms with van der Waals surface area (Å²) in [7, 11) is 1.70. The maximum absolute atomic E-state index is 12.8. The molecule has 2 amide bonds. The molecule has 1 aromatic rings. The molecular weight excluding hydrogens is 314 g/mol. The zero-order valence-electron chi connectivity index (χ0n) is 15.4. The Kier molecular flexibility index (Phi) is 4.36. The highest BCUT2D eigenvalue weighted by Gasteiger charge is 2.54. The number of hydrogen-bond acceptors (Lipinski definition) is 3. The van der Waals surface area contributed by atoms with Crippen molar-refractivity contribution in [1.29, 1.82) is 0 Å². The van der Waals surface area contributed by atoms with Crippen LogP contribution in [0.15, 0.2) is 24.3 Å². The van der Waals surface area contributed by atoms with E-state index in [1.54, 1.807) is 7.11 Å². The molecule has 0 aromatic heterocycles. The predicted molar refractivity (Wildman–Crippen MR) is 98.0 cm³/mol. The fourth-order valence-electron chi connectivity index (χ4n) is 5.13. The van der Waals surface area contributed by atoms with Gasteiger partial charge < -0.3 is 15.0 Å². The van der Waals surface area contributed by atoms with Gasteiger partial charge in [0.05, 0.1) is 13.2 Å².